The van der Waals surface area contributed by atoms with Crippen molar-refractivity contribution in [1.29, 1.82) is 0 Å². The van der Waals surface area contributed by atoms with Crippen LogP contribution in [-0.4, -0.2) is 11.9 Å². The molecule has 3 unspecified atom stereocenters. The molecule has 0 aliphatic heterocycles. The second-order valence-corrected chi connectivity index (χ2v) is 6.04. The van der Waals surface area contributed by atoms with Gasteiger partial charge >= 0.3 is 0 Å². The van der Waals surface area contributed by atoms with Crippen molar-refractivity contribution in [2.24, 2.45) is 11.8 Å². The molecule has 1 aliphatic rings. The lowest BCUT2D eigenvalue weighted by molar-refractivity contribution is 0.0910. The van der Waals surface area contributed by atoms with Gasteiger partial charge in [-0.05, 0) is 48.8 Å². The van der Waals surface area contributed by atoms with Gasteiger partial charge < -0.3 is 5.32 Å². The van der Waals surface area contributed by atoms with Gasteiger partial charge in [0.15, 0.2) is 0 Å². The van der Waals surface area contributed by atoms with Gasteiger partial charge in [-0.25, -0.2) is 0 Å². The predicted octanol–water partition coefficient (Wildman–Crippen LogP) is 3.98. The molecule has 1 amide bonds. The summed E-state index contributed by atoms with van der Waals surface area (Å²) in [7, 11) is 0. The highest BCUT2D eigenvalue weighted by Gasteiger charge is 2.25. The fourth-order valence-corrected chi connectivity index (χ4v) is 2.87. The molecular weight excluding hydrogens is 258 g/mol. The zero-order valence-corrected chi connectivity index (χ0v) is 12.4. The van der Waals surface area contributed by atoms with Crippen LogP contribution in [0.1, 0.15) is 49.0 Å². The molecule has 0 aromatic heterocycles. The van der Waals surface area contributed by atoms with E-state index in [1.54, 1.807) is 0 Å². The van der Waals surface area contributed by atoms with Crippen LogP contribution in [0.4, 0.5) is 0 Å². The van der Waals surface area contributed by atoms with E-state index in [9.17, 15) is 4.79 Å². The summed E-state index contributed by atoms with van der Waals surface area (Å²) in [6.07, 6.45) is 3.39. The number of carbonyl (C=O) groups excluding carboxylic acids is 1. The van der Waals surface area contributed by atoms with Gasteiger partial charge in [0.05, 0.1) is 0 Å². The SMILES string of the molecule is CC1CCC(NC(=O)c2ccc(CCl)cc2)CC1C. The molecule has 1 aromatic rings. The maximum atomic E-state index is 12.2. The molecule has 0 saturated heterocycles. The highest BCUT2D eigenvalue weighted by molar-refractivity contribution is 6.17. The van der Waals surface area contributed by atoms with Gasteiger partial charge in [-0.3, -0.25) is 4.79 Å². The van der Waals surface area contributed by atoms with E-state index in [1.165, 1.54) is 6.42 Å². The van der Waals surface area contributed by atoms with Crippen molar-refractivity contribution < 1.29 is 4.79 Å². The first-order valence-corrected chi connectivity index (χ1v) is 7.59. The molecule has 1 aliphatic carbocycles. The Hall–Kier alpha value is -1.02. The lowest BCUT2D eigenvalue weighted by Gasteiger charge is -2.32. The molecular formula is C16H22ClNO. The minimum atomic E-state index is 0.0351. The first-order valence-electron chi connectivity index (χ1n) is 7.06. The van der Waals surface area contributed by atoms with Crippen LogP contribution >= 0.6 is 11.6 Å². The molecule has 0 heterocycles. The van der Waals surface area contributed by atoms with Crippen LogP contribution in [0.15, 0.2) is 24.3 Å². The van der Waals surface area contributed by atoms with Gasteiger partial charge in [-0.1, -0.05) is 26.0 Å². The first-order chi connectivity index (χ1) is 9.10. The fourth-order valence-electron chi connectivity index (χ4n) is 2.69. The smallest absolute Gasteiger partial charge is 0.251 e. The number of benzene rings is 1. The molecule has 104 valence electrons. The van der Waals surface area contributed by atoms with Crippen LogP contribution in [0.5, 0.6) is 0 Å². The summed E-state index contributed by atoms with van der Waals surface area (Å²) in [5.74, 6) is 1.99. The quantitative estimate of drug-likeness (QED) is 0.833. The summed E-state index contributed by atoms with van der Waals surface area (Å²) < 4.78 is 0. The zero-order chi connectivity index (χ0) is 13.8. The molecule has 0 radical (unpaired) electrons. The normalized spacial score (nSPS) is 27.0. The van der Waals surface area contributed by atoms with Gasteiger partial charge in [0.25, 0.3) is 5.91 Å². The van der Waals surface area contributed by atoms with Crippen molar-refractivity contribution in [3.05, 3.63) is 35.4 Å². The van der Waals surface area contributed by atoms with Gasteiger partial charge in [-0.2, -0.15) is 0 Å². The van der Waals surface area contributed by atoms with E-state index in [0.29, 0.717) is 17.8 Å². The Balaban J connectivity index is 1.93. The first kappa shape index (κ1) is 14.4. The maximum Gasteiger partial charge on any atom is 0.251 e. The highest BCUT2D eigenvalue weighted by Crippen LogP contribution is 2.29. The second kappa shape index (κ2) is 6.42. The number of rotatable bonds is 3. The largest absolute Gasteiger partial charge is 0.349 e. The Morgan fingerprint density at radius 2 is 1.89 bits per heavy atom. The van der Waals surface area contributed by atoms with E-state index in [2.05, 4.69) is 19.2 Å². The van der Waals surface area contributed by atoms with Gasteiger partial charge in [0, 0.05) is 17.5 Å². The van der Waals surface area contributed by atoms with Gasteiger partial charge in [0.2, 0.25) is 0 Å². The molecule has 2 rings (SSSR count). The maximum absolute atomic E-state index is 12.2. The van der Waals surface area contributed by atoms with E-state index in [4.69, 9.17) is 11.6 Å². The van der Waals surface area contributed by atoms with Crippen molar-refractivity contribution in [2.45, 2.75) is 45.0 Å². The van der Waals surface area contributed by atoms with Crippen LogP contribution in [0, 0.1) is 11.8 Å². The standard InChI is InChI=1S/C16H22ClNO/c1-11-3-8-15(9-12(11)2)18-16(19)14-6-4-13(10-17)5-7-14/h4-7,11-12,15H,3,8-10H2,1-2H3,(H,18,19). The van der Waals surface area contributed by atoms with E-state index in [0.717, 1.165) is 29.9 Å². The number of alkyl halides is 1. The number of hydrogen-bond acceptors (Lipinski definition) is 1. The molecule has 0 spiro atoms. The summed E-state index contributed by atoms with van der Waals surface area (Å²) in [4.78, 5) is 12.2. The van der Waals surface area contributed by atoms with Crippen molar-refractivity contribution >= 4 is 17.5 Å². The lowest BCUT2D eigenvalue weighted by atomic mass is 9.79. The lowest BCUT2D eigenvalue weighted by Crippen LogP contribution is -2.39. The van der Waals surface area contributed by atoms with Crippen LogP contribution < -0.4 is 5.32 Å². The number of hydrogen-bond donors (Lipinski definition) is 1. The van der Waals surface area contributed by atoms with Crippen LogP contribution in [0.3, 0.4) is 0 Å². The van der Waals surface area contributed by atoms with E-state index in [1.807, 2.05) is 24.3 Å². The van der Waals surface area contributed by atoms with E-state index in [-0.39, 0.29) is 5.91 Å². The second-order valence-electron chi connectivity index (χ2n) is 5.77. The Morgan fingerprint density at radius 1 is 1.21 bits per heavy atom. The monoisotopic (exact) mass is 279 g/mol. The van der Waals surface area contributed by atoms with Crippen molar-refractivity contribution in [1.82, 2.24) is 5.32 Å². The summed E-state index contributed by atoms with van der Waals surface area (Å²) in [5.41, 5.74) is 1.76. The third kappa shape index (κ3) is 3.73. The Labute approximate surface area is 120 Å². The van der Waals surface area contributed by atoms with Crippen LogP contribution in [-0.2, 0) is 5.88 Å². The Morgan fingerprint density at radius 3 is 2.47 bits per heavy atom. The molecule has 1 saturated carbocycles. The van der Waals surface area contributed by atoms with Crippen molar-refractivity contribution in [3.8, 4) is 0 Å². The molecule has 1 aromatic carbocycles. The third-order valence-corrected chi connectivity index (χ3v) is 4.61. The topological polar surface area (TPSA) is 29.1 Å². The fraction of sp³-hybridized carbons (Fsp3) is 0.562. The summed E-state index contributed by atoms with van der Waals surface area (Å²) in [6, 6.07) is 7.84. The molecule has 2 nitrogen and oxygen atoms in total. The number of amides is 1. The van der Waals surface area contributed by atoms with Gasteiger partial charge in [-0.15, -0.1) is 11.6 Å². The Kier molecular flexibility index (Phi) is 4.87. The average molecular weight is 280 g/mol. The number of halogens is 1. The summed E-state index contributed by atoms with van der Waals surface area (Å²) in [6.45, 7) is 4.58. The average Bonchev–Trinajstić information content (AvgIpc) is 2.43. The van der Waals surface area contributed by atoms with Crippen molar-refractivity contribution in [2.75, 3.05) is 0 Å². The predicted molar refractivity (Wildman–Crippen MR) is 79.4 cm³/mol. The third-order valence-electron chi connectivity index (χ3n) is 4.30. The molecule has 1 fully saturated rings. The zero-order valence-electron chi connectivity index (χ0n) is 11.7. The van der Waals surface area contributed by atoms with E-state index < -0.39 is 0 Å². The van der Waals surface area contributed by atoms with Crippen molar-refractivity contribution in [3.63, 3.8) is 0 Å². The highest BCUT2D eigenvalue weighted by atomic mass is 35.5. The Bertz CT molecular complexity index is 429. The summed E-state index contributed by atoms with van der Waals surface area (Å²) in [5, 5.41) is 3.15. The van der Waals surface area contributed by atoms with Crippen LogP contribution in [0.2, 0.25) is 0 Å². The van der Waals surface area contributed by atoms with Gasteiger partial charge in [0.1, 0.15) is 0 Å². The van der Waals surface area contributed by atoms with Crippen LogP contribution in [0.25, 0.3) is 0 Å². The number of carbonyl (C=O) groups is 1. The molecule has 1 N–H and O–H groups in total. The van der Waals surface area contributed by atoms with E-state index >= 15 is 0 Å². The molecule has 0 bridgehead atoms. The summed E-state index contributed by atoms with van der Waals surface area (Å²) >= 11 is 5.74. The minimum absolute atomic E-state index is 0.0351. The minimum Gasteiger partial charge on any atom is -0.349 e. The molecule has 3 atom stereocenters. The number of nitrogens with one attached hydrogen (secondary N) is 1. The molecule has 3 heteroatoms. The molecule has 19 heavy (non-hydrogen) atoms.